The van der Waals surface area contributed by atoms with Crippen molar-refractivity contribution in [2.24, 2.45) is 0 Å². The summed E-state index contributed by atoms with van der Waals surface area (Å²) in [7, 11) is 1.70. The molecule has 0 saturated heterocycles. The molecule has 0 saturated carbocycles. The number of nitrogens with one attached hydrogen (secondary N) is 1. The molecular weight excluding hydrogens is 234 g/mol. The van der Waals surface area contributed by atoms with Crippen LogP contribution in [0.5, 0.6) is 5.75 Å². The van der Waals surface area contributed by atoms with Crippen molar-refractivity contribution in [3.8, 4) is 5.75 Å². The second kappa shape index (κ2) is 6.39. The highest BCUT2D eigenvalue weighted by Gasteiger charge is 2.13. The first-order chi connectivity index (χ1) is 9.24. The third-order valence-electron chi connectivity index (χ3n) is 3.21. The summed E-state index contributed by atoms with van der Waals surface area (Å²) < 4.78 is 5.31. The molecule has 0 spiro atoms. The summed E-state index contributed by atoms with van der Waals surface area (Å²) in [5.74, 6) is 0.896. The van der Waals surface area contributed by atoms with E-state index >= 15 is 0 Å². The molecule has 100 valence electrons. The SMILES string of the molecule is CCNC(c1cccc(C)c1)c1cccc(OC)c1. The van der Waals surface area contributed by atoms with E-state index in [0.29, 0.717) is 0 Å². The fraction of sp³-hybridized carbons (Fsp3) is 0.294. The Morgan fingerprint density at radius 1 is 1.05 bits per heavy atom. The number of methoxy groups -OCH3 is 1. The summed E-state index contributed by atoms with van der Waals surface area (Å²) >= 11 is 0. The maximum atomic E-state index is 5.31. The van der Waals surface area contributed by atoms with Crippen LogP contribution in [-0.2, 0) is 0 Å². The van der Waals surface area contributed by atoms with E-state index in [-0.39, 0.29) is 6.04 Å². The summed E-state index contributed by atoms with van der Waals surface area (Å²) in [6.45, 7) is 5.18. The molecule has 0 heterocycles. The smallest absolute Gasteiger partial charge is 0.119 e. The maximum absolute atomic E-state index is 5.31. The predicted octanol–water partition coefficient (Wildman–Crippen LogP) is 3.70. The molecule has 0 radical (unpaired) electrons. The first kappa shape index (κ1) is 13.6. The van der Waals surface area contributed by atoms with E-state index in [9.17, 15) is 0 Å². The van der Waals surface area contributed by atoms with Crippen molar-refractivity contribution in [2.75, 3.05) is 13.7 Å². The quantitative estimate of drug-likeness (QED) is 0.879. The third-order valence-corrected chi connectivity index (χ3v) is 3.21. The van der Waals surface area contributed by atoms with Crippen molar-refractivity contribution in [1.29, 1.82) is 0 Å². The molecule has 1 unspecified atom stereocenters. The van der Waals surface area contributed by atoms with Gasteiger partial charge in [0.05, 0.1) is 13.2 Å². The van der Waals surface area contributed by atoms with Crippen LogP contribution in [0.15, 0.2) is 48.5 Å². The molecule has 0 amide bonds. The van der Waals surface area contributed by atoms with Crippen molar-refractivity contribution in [1.82, 2.24) is 5.32 Å². The lowest BCUT2D eigenvalue weighted by molar-refractivity contribution is 0.413. The summed E-state index contributed by atoms with van der Waals surface area (Å²) in [6, 6.07) is 17.1. The normalized spacial score (nSPS) is 12.2. The van der Waals surface area contributed by atoms with Crippen LogP contribution in [0.1, 0.15) is 29.7 Å². The number of rotatable bonds is 5. The highest BCUT2D eigenvalue weighted by atomic mass is 16.5. The van der Waals surface area contributed by atoms with Gasteiger partial charge in [-0.2, -0.15) is 0 Å². The Morgan fingerprint density at radius 3 is 2.37 bits per heavy atom. The molecule has 0 bridgehead atoms. The van der Waals surface area contributed by atoms with Gasteiger partial charge in [0.1, 0.15) is 5.75 Å². The van der Waals surface area contributed by atoms with Crippen LogP contribution in [0.4, 0.5) is 0 Å². The zero-order chi connectivity index (χ0) is 13.7. The standard InChI is InChI=1S/C17H21NO/c1-4-18-17(14-8-5-7-13(2)11-14)15-9-6-10-16(12-15)19-3/h5-12,17-18H,4H2,1-3H3. The second-order valence-electron chi connectivity index (χ2n) is 4.68. The Bertz CT molecular complexity index is 536. The van der Waals surface area contributed by atoms with Gasteiger partial charge in [0.15, 0.2) is 0 Å². The van der Waals surface area contributed by atoms with E-state index in [1.165, 1.54) is 16.7 Å². The van der Waals surface area contributed by atoms with Crippen molar-refractivity contribution in [2.45, 2.75) is 19.9 Å². The highest BCUT2D eigenvalue weighted by Crippen LogP contribution is 2.25. The monoisotopic (exact) mass is 255 g/mol. The molecule has 19 heavy (non-hydrogen) atoms. The minimum absolute atomic E-state index is 0.208. The highest BCUT2D eigenvalue weighted by molar-refractivity contribution is 5.37. The van der Waals surface area contributed by atoms with Gasteiger partial charge in [-0.3, -0.25) is 0 Å². The van der Waals surface area contributed by atoms with Gasteiger partial charge in [-0.1, -0.05) is 48.9 Å². The molecule has 1 N–H and O–H groups in total. The first-order valence-electron chi connectivity index (χ1n) is 6.68. The van der Waals surface area contributed by atoms with Gasteiger partial charge in [0, 0.05) is 0 Å². The van der Waals surface area contributed by atoms with Crippen LogP contribution in [0.2, 0.25) is 0 Å². The summed E-state index contributed by atoms with van der Waals surface area (Å²) in [6.07, 6.45) is 0. The fourth-order valence-electron chi connectivity index (χ4n) is 2.30. The molecule has 0 aromatic heterocycles. The van der Waals surface area contributed by atoms with Crippen molar-refractivity contribution >= 4 is 0 Å². The summed E-state index contributed by atoms with van der Waals surface area (Å²) in [5.41, 5.74) is 3.80. The van der Waals surface area contributed by atoms with Gasteiger partial charge in [-0.25, -0.2) is 0 Å². The predicted molar refractivity (Wildman–Crippen MR) is 79.7 cm³/mol. The average Bonchev–Trinajstić information content (AvgIpc) is 2.45. The van der Waals surface area contributed by atoms with E-state index in [1.54, 1.807) is 7.11 Å². The van der Waals surface area contributed by atoms with Gasteiger partial charge >= 0.3 is 0 Å². The molecule has 0 fully saturated rings. The van der Waals surface area contributed by atoms with Crippen LogP contribution in [0.25, 0.3) is 0 Å². The Morgan fingerprint density at radius 2 is 1.74 bits per heavy atom. The molecular formula is C17H21NO. The largest absolute Gasteiger partial charge is 0.497 e. The zero-order valence-electron chi connectivity index (χ0n) is 11.8. The molecule has 0 aliphatic rings. The van der Waals surface area contributed by atoms with Crippen LogP contribution in [-0.4, -0.2) is 13.7 Å². The van der Waals surface area contributed by atoms with Crippen LogP contribution >= 0.6 is 0 Å². The molecule has 0 aliphatic carbocycles. The second-order valence-corrected chi connectivity index (χ2v) is 4.68. The number of hydrogen-bond acceptors (Lipinski definition) is 2. The molecule has 2 rings (SSSR count). The Labute approximate surface area is 115 Å². The van der Waals surface area contributed by atoms with Gasteiger partial charge in [0.25, 0.3) is 0 Å². The summed E-state index contributed by atoms with van der Waals surface area (Å²) in [4.78, 5) is 0. The lowest BCUT2D eigenvalue weighted by Gasteiger charge is -2.20. The topological polar surface area (TPSA) is 21.3 Å². The van der Waals surface area contributed by atoms with Crippen molar-refractivity contribution in [3.63, 3.8) is 0 Å². The molecule has 1 atom stereocenters. The maximum Gasteiger partial charge on any atom is 0.119 e. The van der Waals surface area contributed by atoms with E-state index in [4.69, 9.17) is 4.74 Å². The zero-order valence-corrected chi connectivity index (χ0v) is 11.8. The Hall–Kier alpha value is -1.80. The molecule has 2 aromatic rings. The van der Waals surface area contributed by atoms with E-state index in [1.807, 2.05) is 12.1 Å². The minimum Gasteiger partial charge on any atom is -0.497 e. The van der Waals surface area contributed by atoms with Gasteiger partial charge in [-0.05, 0) is 36.7 Å². The minimum atomic E-state index is 0.208. The average molecular weight is 255 g/mol. The van der Waals surface area contributed by atoms with Gasteiger partial charge < -0.3 is 10.1 Å². The number of hydrogen-bond donors (Lipinski definition) is 1. The lowest BCUT2D eigenvalue weighted by Crippen LogP contribution is -2.22. The number of aryl methyl sites for hydroxylation is 1. The number of ether oxygens (including phenoxy) is 1. The third kappa shape index (κ3) is 3.36. The van der Waals surface area contributed by atoms with Gasteiger partial charge in [0.2, 0.25) is 0 Å². The lowest BCUT2D eigenvalue weighted by atomic mass is 9.97. The van der Waals surface area contributed by atoms with Crippen LogP contribution in [0.3, 0.4) is 0 Å². The Balaban J connectivity index is 2.38. The first-order valence-corrected chi connectivity index (χ1v) is 6.68. The van der Waals surface area contributed by atoms with E-state index in [0.717, 1.165) is 12.3 Å². The molecule has 0 aliphatic heterocycles. The molecule has 2 aromatic carbocycles. The fourth-order valence-corrected chi connectivity index (χ4v) is 2.30. The number of benzene rings is 2. The van der Waals surface area contributed by atoms with E-state index in [2.05, 4.69) is 55.6 Å². The van der Waals surface area contributed by atoms with Gasteiger partial charge in [-0.15, -0.1) is 0 Å². The van der Waals surface area contributed by atoms with E-state index < -0.39 is 0 Å². The summed E-state index contributed by atoms with van der Waals surface area (Å²) in [5, 5.41) is 3.54. The molecule has 2 heteroatoms. The molecule has 2 nitrogen and oxygen atoms in total. The van der Waals surface area contributed by atoms with Crippen molar-refractivity contribution < 1.29 is 4.74 Å². The van der Waals surface area contributed by atoms with Crippen LogP contribution < -0.4 is 10.1 Å². The van der Waals surface area contributed by atoms with Crippen LogP contribution in [0, 0.1) is 6.92 Å². The van der Waals surface area contributed by atoms with Crippen molar-refractivity contribution in [3.05, 3.63) is 65.2 Å². The Kier molecular flexibility index (Phi) is 4.58.